The number of rotatable bonds is 5. The Balaban J connectivity index is 1.76. The molecule has 2 aliphatic heterocycles. The standard InChI is InChI=1S/C17H26O10/c1-24-15(23)9-6-25-16(11-7(4-18)2-3-8(9)11)27-17-14(22)13(21)12(20)10(5-19)26-17/h2,8-14,16-22H,3-6H2,1H3/t8-,9-,10-,11-,12-,13+,14-,16+,17+/m1/s1. The molecule has 0 saturated carbocycles. The van der Waals surface area contributed by atoms with E-state index in [9.17, 15) is 30.3 Å². The van der Waals surface area contributed by atoms with E-state index < -0.39 is 61.4 Å². The lowest BCUT2D eigenvalue weighted by Gasteiger charge is -2.44. The summed E-state index contributed by atoms with van der Waals surface area (Å²) in [7, 11) is 1.29. The van der Waals surface area contributed by atoms with Gasteiger partial charge in [0.05, 0.1) is 32.8 Å². The molecule has 0 aromatic carbocycles. The molecule has 154 valence electrons. The molecule has 27 heavy (non-hydrogen) atoms. The number of aliphatic hydroxyl groups is 5. The number of allylic oxidation sites excluding steroid dienone is 1. The molecule has 0 aromatic heterocycles. The zero-order chi connectivity index (χ0) is 19.7. The van der Waals surface area contributed by atoms with Crippen molar-refractivity contribution in [3.8, 4) is 0 Å². The normalized spacial score (nSPS) is 44.5. The van der Waals surface area contributed by atoms with Gasteiger partial charge < -0.3 is 44.5 Å². The smallest absolute Gasteiger partial charge is 0.311 e. The molecule has 1 aliphatic carbocycles. The number of methoxy groups -OCH3 is 1. The van der Waals surface area contributed by atoms with Crippen molar-refractivity contribution in [2.45, 2.75) is 43.4 Å². The zero-order valence-corrected chi connectivity index (χ0v) is 14.9. The first-order valence-electron chi connectivity index (χ1n) is 8.88. The maximum atomic E-state index is 12.0. The van der Waals surface area contributed by atoms with Crippen LogP contribution in [0.5, 0.6) is 0 Å². The maximum Gasteiger partial charge on any atom is 0.311 e. The van der Waals surface area contributed by atoms with Crippen LogP contribution in [0.4, 0.5) is 0 Å². The van der Waals surface area contributed by atoms with Crippen molar-refractivity contribution in [2.75, 3.05) is 26.9 Å². The Hall–Kier alpha value is -1.11. The molecule has 0 bridgehead atoms. The molecule has 10 nitrogen and oxygen atoms in total. The highest BCUT2D eigenvalue weighted by Crippen LogP contribution is 2.45. The van der Waals surface area contributed by atoms with Crippen molar-refractivity contribution < 1.29 is 49.3 Å². The first-order chi connectivity index (χ1) is 12.9. The molecule has 3 rings (SSSR count). The molecule has 2 heterocycles. The van der Waals surface area contributed by atoms with Crippen LogP contribution in [0.2, 0.25) is 0 Å². The van der Waals surface area contributed by atoms with Gasteiger partial charge in [-0.15, -0.1) is 0 Å². The van der Waals surface area contributed by atoms with Crippen LogP contribution in [0.3, 0.4) is 0 Å². The number of aliphatic hydroxyl groups excluding tert-OH is 5. The van der Waals surface area contributed by atoms with Crippen LogP contribution in [0.15, 0.2) is 11.6 Å². The van der Waals surface area contributed by atoms with Gasteiger partial charge in [0.25, 0.3) is 0 Å². The molecule has 2 saturated heterocycles. The Morgan fingerprint density at radius 3 is 2.56 bits per heavy atom. The first kappa shape index (κ1) is 20.6. The fourth-order valence-corrected chi connectivity index (χ4v) is 4.06. The summed E-state index contributed by atoms with van der Waals surface area (Å²) in [6.45, 7) is -0.788. The molecule has 2 fully saturated rings. The monoisotopic (exact) mass is 390 g/mol. The Kier molecular flexibility index (Phi) is 6.49. The Labute approximate surface area is 155 Å². The van der Waals surface area contributed by atoms with Crippen LogP contribution in [0.1, 0.15) is 6.42 Å². The van der Waals surface area contributed by atoms with Crippen LogP contribution < -0.4 is 0 Å². The fourth-order valence-electron chi connectivity index (χ4n) is 4.06. The summed E-state index contributed by atoms with van der Waals surface area (Å²) >= 11 is 0. The average Bonchev–Trinajstić information content (AvgIpc) is 3.12. The van der Waals surface area contributed by atoms with E-state index in [1.165, 1.54) is 7.11 Å². The number of hydrogen-bond acceptors (Lipinski definition) is 10. The van der Waals surface area contributed by atoms with Crippen LogP contribution in [0.25, 0.3) is 0 Å². The third-order valence-corrected chi connectivity index (χ3v) is 5.59. The van der Waals surface area contributed by atoms with E-state index in [0.29, 0.717) is 12.0 Å². The summed E-state index contributed by atoms with van der Waals surface area (Å²) in [5.74, 6) is -1.60. The van der Waals surface area contributed by atoms with Crippen molar-refractivity contribution in [1.82, 2.24) is 0 Å². The topological polar surface area (TPSA) is 155 Å². The number of fused-ring (bicyclic) bond motifs is 1. The van der Waals surface area contributed by atoms with E-state index >= 15 is 0 Å². The second-order valence-corrected chi connectivity index (χ2v) is 7.03. The van der Waals surface area contributed by atoms with Gasteiger partial charge in [-0.2, -0.15) is 0 Å². The average molecular weight is 390 g/mol. The fraction of sp³-hybridized carbons (Fsp3) is 0.824. The lowest BCUT2D eigenvalue weighted by molar-refractivity contribution is -0.351. The molecule has 0 spiro atoms. The van der Waals surface area contributed by atoms with Crippen LogP contribution >= 0.6 is 0 Å². The molecule has 3 aliphatic rings. The van der Waals surface area contributed by atoms with E-state index in [-0.39, 0.29) is 19.1 Å². The first-order valence-corrected chi connectivity index (χ1v) is 8.88. The van der Waals surface area contributed by atoms with Crippen molar-refractivity contribution in [3.05, 3.63) is 11.6 Å². The number of carbonyl (C=O) groups excluding carboxylic acids is 1. The lowest BCUT2D eigenvalue weighted by Crippen LogP contribution is -2.60. The highest BCUT2D eigenvalue weighted by atomic mass is 16.8. The minimum atomic E-state index is -1.57. The predicted octanol–water partition coefficient (Wildman–Crippen LogP) is -2.50. The number of esters is 1. The van der Waals surface area contributed by atoms with E-state index in [0.717, 1.165) is 0 Å². The number of carbonyl (C=O) groups is 1. The SMILES string of the molecule is COC(=O)[C@@H]1CO[C@@H](O[C@@H]2O[C@H](CO)[C@@H](O)[C@H](O)[C@H]2O)[C@@H]2C(CO)=CC[C@@H]21. The van der Waals surface area contributed by atoms with Crippen LogP contribution in [-0.4, -0.2) is 95.4 Å². The van der Waals surface area contributed by atoms with Crippen molar-refractivity contribution in [1.29, 1.82) is 0 Å². The summed E-state index contributed by atoms with van der Waals surface area (Å²) in [5.41, 5.74) is 0.642. The van der Waals surface area contributed by atoms with Gasteiger partial charge in [0.1, 0.15) is 24.4 Å². The molecular weight excluding hydrogens is 364 g/mol. The van der Waals surface area contributed by atoms with Gasteiger partial charge in [-0.05, 0) is 17.9 Å². The molecule has 0 amide bonds. The predicted molar refractivity (Wildman–Crippen MR) is 86.9 cm³/mol. The molecule has 10 heteroatoms. The third kappa shape index (κ3) is 3.76. The van der Waals surface area contributed by atoms with Crippen LogP contribution in [-0.2, 0) is 23.7 Å². The highest BCUT2D eigenvalue weighted by Gasteiger charge is 2.51. The molecular formula is C17H26O10. The van der Waals surface area contributed by atoms with Gasteiger partial charge in [0, 0.05) is 5.92 Å². The maximum absolute atomic E-state index is 12.0. The van der Waals surface area contributed by atoms with Crippen molar-refractivity contribution in [3.63, 3.8) is 0 Å². The van der Waals surface area contributed by atoms with Crippen molar-refractivity contribution in [2.24, 2.45) is 17.8 Å². The van der Waals surface area contributed by atoms with Gasteiger partial charge in [0.2, 0.25) is 0 Å². The van der Waals surface area contributed by atoms with Crippen LogP contribution in [0, 0.1) is 17.8 Å². The van der Waals surface area contributed by atoms with Crippen molar-refractivity contribution >= 4 is 5.97 Å². The second-order valence-electron chi connectivity index (χ2n) is 7.03. The minimum absolute atomic E-state index is 0.0302. The molecule has 0 radical (unpaired) electrons. The Morgan fingerprint density at radius 1 is 1.19 bits per heavy atom. The zero-order valence-electron chi connectivity index (χ0n) is 14.9. The van der Waals surface area contributed by atoms with E-state index in [1.807, 2.05) is 6.08 Å². The molecule has 0 unspecified atom stereocenters. The number of hydrogen-bond donors (Lipinski definition) is 5. The van der Waals surface area contributed by atoms with E-state index in [1.54, 1.807) is 0 Å². The second kappa shape index (κ2) is 8.50. The quantitative estimate of drug-likeness (QED) is 0.251. The number of ether oxygens (including phenoxy) is 4. The largest absolute Gasteiger partial charge is 0.469 e. The van der Waals surface area contributed by atoms with Gasteiger partial charge in [-0.1, -0.05) is 6.08 Å². The summed E-state index contributed by atoms with van der Waals surface area (Å²) in [4.78, 5) is 12.0. The lowest BCUT2D eigenvalue weighted by atomic mass is 9.79. The Bertz CT molecular complexity index is 564. The van der Waals surface area contributed by atoms with E-state index in [2.05, 4.69) is 0 Å². The summed E-state index contributed by atoms with van der Waals surface area (Å²) < 4.78 is 21.6. The van der Waals surface area contributed by atoms with Gasteiger partial charge >= 0.3 is 5.97 Å². The van der Waals surface area contributed by atoms with E-state index in [4.69, 9.17) is 18.9 Å². The molecule has 0 aromatic rings. The Morgan fingerprint density at radius 2 is 1.93 bits per heavy atom. The van der Waals surface area contributed by atoms with Gasteiger partial charge in [-0.25, -0.2) is 0 Å². The summed E-state index contributed by atoms with van der Waals surface area (Å²) in [6, 6.07) is 0. The molecule has 5 N–H and O–H groups in total. The molecule has 9 atom stereocenters. The summed E-state index contributed by atoms with van der Waals surface area (Å²) in [6.07, 6.45) is -5.67. The van der Waals surface area contributed by atoms with Gasteiger partial charge in [0.15, 0.2) is 12.6 Å². The summed E-state index contributed by atoms with van der Waals surface area (Å²) in [5, 5.41) is 48.8. The highest BCUT2D eigenvalue weighted by molar-refractivity contribution is 5.73. The van der Waals surface area contributed by atoms with Gasteiger partial charge in [-0.3, -0.25) is 4.79 Å². The third-order valence-electron chi connectivity index (χ3n) is 5.59. The minimum Gasteiger partial charge on any atom is -0.469 e.